The molecule has 4 aromatic rings. The van der Waals surface area contributed by atoms with Gasteiger partial charge in [0.05, 0.1) is 17.7 Å². The average Bonchev–Trinajstić information content (AvgIpc) is 3.00. The molecule has 0 bridgehead atoms. The quantitative estimate of drug-likeness (QED) is 0.174. The van der Waals surface area contributed by atoms with Gasteiger partial charge in [0, 0.05) is 18.1 Å². The Labute approximate surface area is 249 Å². The number of rotatable bonds is 13. The van der Waals surface area contributed by atoms with Crippen LogP contribution in [0.15, 0.2) is 119 Å². The maximum absolute atomic E-state index is 13.3. The van der Waals surface area contributed by atoms with Crippen molar-refractivity contribution in [3.05, 3.63) is 131 Å². The van der Waals surface area contributed by atoms with E-state index in [1.165, 1.54) is 30.5 Å². The van der Waals surface area contributed by atoms with E-state index < -0.39 is 22.5 Å². The molecular weight excluding hydrogens is 576 g/mol. The van der Waals surface area contributed by atoms with Crippen LogP contribution in [0.4, 0.5) is 0 Å². The molecule has 11 heteroatoms. The minimum Gasteiger partial charge on any atom is -0.484 e. The van der Waals surface area contributed by atoms with Gasteiger partial charge >= 0.3 is 0 Å². The lowest BCUT2D eigenvalue weighted by Crippen LogP contribution is -2.39. The molecule has 0 unspecified atom stereocenters. The standard InChI is InChI=1S/C31H29ClN4O5S/c32-27-13-17-29(18-14-27)42(39,40)36(21-26-9-5-2-6-10-26)22-30(37)35-34-20-25-11-15-28(16-12-25)41-23-31(38)33-19-24-7-3-1-4-8-24/h1-18,20H,19,21-23H2,(H,33,38)(H,35,37)/b34-20+. The molecule has 0 aliphatic heterocycles. The van der Waals surface area contributed by atoms with Crippen LogP contribution in [0.3, 0.4) is 0 Å². The first-order valence-corrected chi connectivity index (χ1v) is 14.8. The predicted octanol–water partition coefficient (Wildman–Crippen LogP) is 4.38. The molecule has 4 aromatic carbocycles. The molecule has 0 heterocycles. The Morgan fingerprint density at radius 3 is 2.07 bits per heavy atom. The zero-order valence-corrected chi connectivity index (χ0v) is 24.1. The smallest absolute Gasteiger partial charge is 0.258 e. The maximum Gasteiger partial charge on any atom is 0.258 e. The monoisotopic (exact) mass is 604 g/mol. The van der Waals surface area contributed by atoms with Gasteiger partial charge in [0.15, 0.2) is 6.61 Å². The Hall–Kier alpha value is -4.51. The summed E-state index contributed by atoms with van der Waals surface area (Å²) in [4.78, 5) is 24.8. The number of hydrogen-bond acceptors (Lipinski definition) is 6. The SMILES string of the molecule is O=C(COc1ccc(/C=N/NC(=O)CN(Cc2ccccc2)S(=O)(=O)c2ccc(Cl)cc2)cc1)NCc1ccccc1. The number of hydrogen-bond donors (Lipinski definition) is 2. The van der Waals surface area contributed by atoms with Crippen LogP contribution in [0, 0.1) is 0 Å². The lowest BCUT2D eigenvalue weighted by atomic mass is 10.2. The first-order chi connectivity index (χ1) is 20.3. The second-order valence-electron chi connectivity index (χ2n) is 9.13. The van der Waals surface area contributed by atoms with Crippen molar-refractivity contribution in [3.8, 4) is 5.75 Å². The molecular formula is C31H29ClN4O5S. The van der Waals surface area contributed by atoms with Crippen molar-refractivity contribution in [2.75, 3.05) is 13.2 Å². The third-order valence-corrected chi connectivity index (χ3v) is 8.02. The van der Waals surface area contributed by atoms with Crippen LogP contribution in [0.2, 0.25) is 5.02 Å². The topological polar surface area (TPSA) is 117 Å². The highest BCUT2D eigenvalue weighted by atomic mass is 35.5. The summed E-state index contributed by atoms with van der Waals surface area (Å²) < 4.78 is 33.3. The van der Waals surface area contributed by atoms with Gasteiger partial charge in [-0.05, 0) is 65.2 Å². The summed E-state index contributed by atoms with van der Waals surface area (Å²) in [5.74, 6) is -0.359. The number of benzene rings is 4. The third kappa shape index (κ3) is 9.27. The van der Waals surface area contributed by atoms with Gasteiger partial charge in [-0.1, -0.05) is 72.3 Å². The van der Waals surface area contributed by atoms with Crippen LogP contribution in [-0.2, 0) is 32.7 Å². The van der Waals surface area contributed by atoms with Gasteiger partial charge in [-0.2, -0.15) is 9.41 Å². The summed E-state index contributed by atoms with van der Waals surface area (Å²) >= 11 is 5.92. The van der Waals surface area contributed by atoms with Crippen molar-refractivity contribution in [3.63, 3.8) is 0 Å². The first kappa shape index (κ1) is 30.4. The molecule has 0 atom stereocenters. The number of ether oxygens (including phenoxy) is 1. The Morgan fingerprint density at radius 1 is 0.810 bits per heavy atom. The van der Waals surface area contributed by atoms with Crippen LogP contribution >= 0.6 is 11.6 Å². The summed E-state index contributed by atoms with van der Waals surface area (Å²) in [6.45, 7) is -0.166. The number of hydrazone groups is 1. The number of carbonyl (C=O) groups is 2. The summed E-state index contributed by atoms with van der Waals surface area (Å²) in [7, 11) is -4.00. The molecule has 0 fully saturated rings. The van der Waals surface area contributed by atoms with Crippen molar-refractivity contribution in [2.24, 2.45) is 5.10 Å². The number of nitrogens with zero attached hydrogens (tertiary/aromatic N) is 2. The predicted molar refractivity (Wildman–Crippen MR) is 161 cm³/mol. The summed E-state index contributed by atoms with van der Waals surface area (Å²) in [5, 5.41) is 7.15. The molecule has 2 amide bonds. The van der Waals surface area contributed by atoms with Gasteiger partial charge in [-0.25, -0.2) is 13.8 Å². The Bertz CT molecular complexity index is 1600. The van der Waals surface area contributed by atoms with Crippen LogP contribution in [0.25, 0.3) is 0 Å². The van der Waals surface area contributed by atoms with E-state index in [4.69, 9.17) is 16.3 Å². The highest BCUT2D eigenvalue weighted by molar-refractivity contribution is 7.89. The molecule has 2 N–H and O–H groups in total. The molecule has 0 aliphatic rings. The molecule has 0 saturated carbocycles. The van der Waals surface area contributed by atoms with Gasteiger partial charge in [-0.15, -0.1) is 0 Å². The van der Waals surface area contributed by atoms with Crippen LogP contribution in [0.1, 0.15) is 16.7 Å². The Morgan fingerprint density at radius 2 is 1.43 bits per heavy atom. The largest absolute Gasteiger partial charge is 0.484 e. The van der Waals surface area contributed by atoms with E-state index in [-0.39, 0.29) is 24.0 Å². The van der Waals surface area contributed by atoms with Crippen LogP contribution in [-0.4, -0.2) is 43.9 Å². The zero-order chi connectivity index (χ0) is 29.8. The Kier molecular flexibility index (Phi) is 10.8. The van der Waals surface area contributed by atoms with E-state index in [1.54, 1.807) is 48.5 Å². The zero-order valence-electron chi connectivity index (χ0n) is 22.5. The third-order valence-electron chi connectivity index (χ3n) is 5.96. The van der Waals surface area contributed by atoms with E-state index in [1.807, 2.05) is 36.4 Å². The van der Waals surface area contributed by atoms with Crippen molar-refractivity contribution in [1.29, 1.82) is 0 Å². The van der Waals surface area contributed by atoms with Crippen molar-refractivity contribution in [2.45, 2.75) is 18.0 Å². The molecule has 4 rings (SSSR count). The van der Waals surface area contributed by atoms with Crippen molar-refractivity contribution in [1.82, 2.24) is 15.0 Å². The van der Waals surface area contributed by atoms with E-state index in [9.17, 15) is 18.0 Å². The van der Waals surface area contributed by atoms with Gasteiger partial charge in [0.1, 0.15) is 5.75 Å². The van der Waals surface area contributed by atoms with Gasteiger partial charge in [0.25, 0.3) is 11.8 Å². The molecule has 0 aliphatic carbocycles. The second-order valence-corrected chi connectivity index (χ2v) is 11.5. The van der Waals surface area contributed by atoms with Crippen LogP contribution in [0.5, 0.6) is 5.75 Å². The lowest BCUT2D eigenvalue weighted by Gasteiger charge is -2.21. The average molecular weight is 605 g/mol. The van der Waals surface area contributed by atoms with E-state index in [2.05, 4.69) is 15.8 Å². The summed E-state index contributed by atoms with van der Waals surface area (Å²) in [6, 6.07) is 31.1. The highest BCUT2D eigenvalue weighted by Gasteiger charge is 2.27. The second kappa shape index (κ2) is 14.9. The van der Waals surface area contributed by atoms with E-state index in [0.717, 1.165) is 15.4 Å². The van der Waals surface area contributed by atoms with Gasteiger partial charge < -0.3 is 10.1 Å². The molecule has 0 spiro atoms. The minimum absolute atomic E-state index is 0.00528. The fourth-order valence-electron chi connectivity index (χ4n) is 3.79. The molecule has 0 radical (unpaired) electrons. The number of halogens is 1. The van der Waals surface area contributed by atoms with Crippen LogP contribution < -0.4 is 15.5 Å². The van der Waals surface area contributed by atoms with Gasteiger partial charge in [0.2, 0.25) is 10.0 Å². The minimum atomic E-state index is -4.00. The number of amides is 2. The van der Waals surface area contributed by atoms with E-state index >= 15 is 0 Å². The highest BCUT2D eigenvalue weighted by Crippen LogP contribution is 2.20. The number of sulfonamides is 1. The van der Waals surface area contributed by atoms with Crippen molar-refractivity contribution < 1.29 is 22.7 Å². The first-order valence-electron chi connectivity index (χ1n) is 12.9. The number of carbonyl (C=O) groups excluding carboxylic acids is 2. The number of nitrogens with one attached hydrogen (secondary N) is 2. The summed E-state index contributed by atoms with van der Waals surface area (Å²) in [5.41, 5.74) is 4.76. The normalized spacial score (nSPS) is 11.4. The Balaban J connectivity index is 1.30. The summed E-state index contributed by atoms with van der Waals surface area (Å²) in [6.07, 6.45) is 1.42. The molecule has 9 nitrogen and oxygen atoms in total. The lowest BCUT2D eigenvalue weighted by molar-refractivity contribution is -0.123. The fourth-order valence-corrected chi connectivity index (χ4v) is 5.30. The maximum atomic E-state index is 13.3. The molecule has 42 heavy (non-hydrogen) atoms. The molecule has 0 saturated heterocycles. The van der Waals surface area contributed by atoms with Crippen molar-refractivity contribution >= 4 is 39.7 Å². The molecule has 0 aromatic heterocycles. The van der Waals surface area contributed by atoms with Gasteiger partial charge in [-0.3, -0.25) is 9.59 Å². The fraction of sp³-hybridized carbons (Fsp3) is 0.129. The van der Waals surface area contributed by atoms with E-state index in [0.29, 0.717) is 22.9 Å². The molecule has 216 valence electrons.